The maximum atomic E-state index is 13.2. The molecule has 0 fully saturated rings. The van der Waals surface area contributed by atoms with Gasteiger partial charge in [-0.3, -0.25) is 0 Å². The van der Waals surface area contributed by atoms with Gasteiger partial charge in [0.15, 0.2) is 17.5 Å². The molecule has 17 heavy (non-hydrogen) atoms. The smallest absolute Gasteiger partial charge is 0.194 e. The molecule has 96 valence electrons. The molecule has 0 unspecified atom stereocenters. The molecular formula is C12H17F3N2. The Balaban J connectivity index is 2.45. The Morgan fingerprint density at radius 2 is 1.88 bits per heavy atom. The van der Waals surface area contributed by atoms with E-state index >= 15 is 0 Å². The summed E-state index contributed by atoms with van der Waals surface area (Å²) < 4.78 is 38.8. The first-order chi connectivity index (χ1) is 8.06. The van der Waals surface area contributed by atoms with Gasteiger partial charge in [-0.15, -0.1) is 0 Å². The molecule has 1 N–H and O–H groups in total. The molecule has 2 nitrogen and oxygen atoms in total. The van der Waals surface area contributed by atoms with Crippen molar-refractivity contribution in [3.63, 3.8) is 0 Å². The molecule has 0 amide bonds. The van der Waals surface area contributed by atoms with Gasteiger partial charge >= 0.3 is 0 Å². The molecule has 0 radical (unpaired) electrons. The molecule has 1 rings (SSSR count). The summed E-state index contributed by atoms with van der Waals surface area (Å²) in [6, 6.07) is 2.19. The monoisotopic (exact) mass is 246 g/mol. The van der Waals surface area contributed by atoms with Crippen molar-refractivity contribution < 1.29 is 13.2 Å². The highest BCUT2D eigenvalue weighted by Gasteiger charge is 2.12. The van der Waals surface area contributed by atoms with Gasteiger partial charge in [0.25, 0.3) is 0 Å². The fourth-order valence-electron chi connectivity index (χ4n) is 1.35. The summed E-state index contributed by atoms with van der Waals surface area (Å²) in [7, 11) is 1.97. The van der Waals surface area contributed by atoms with Crippen molar-refractivity contribution in [1.29, 1.82) is 0 Å². The number of halogens is 3. The summed E-state index contributed by atoms with van der Waals surface area (Å²) in [5.41, 5.74) is 0.142. The average molecular weight is 246 g/mol. The quantitative estimate of drug-likeness (QED) is 0.611. The van der Waals surface area contributed by atoms with E-state index in [1.165, 1.54) is 6.07 Å². The fraction of sp³-hybridized carbons (Fsp3) is 0.500. The Hall–Kier alpha value is -1.07. The minimum Gasteiger partial charge on any atom is -0.311 e. The third kappa shape index (κ3) is 4.02. The van der Waals surface area contributed by atoms with Crippen LogP contribution < -0.4 is 5.32 Å². The van der Waals surface area contributed by atoms with Gasteiger partial charge in [-0.05, 0) is 19.7 Å². The van der Waals surface area contributed by atoms with Crippen LogP contribution in [0.2, 0.25) is 0 Å². The van der Waals surface area contributed by atoms with Crippen molar-refractivity contribution in [2.75, 3.05) is 26.7 Å². The first kappa shape index (κ1) is 14.0. The van der Waals surface area contributed by atoms with Crippen LogP contribution in [0.4, 0.5) is 13.2 Å². The Morgan fingerprint density at radius 3 is 2.53 bits per heavy atom. The highest BCUT2D eigenvalue weighted by molar-refractivity contribution is 5.20. The highest BCUT2D eigenvalue weighted by atomic mass is 19.2. The summed E-state index contributed by atoms with van der Waals surface area (Å²) in [6.45, 7) is 4.65. The van der Waals surface area contributed by atoms with Crippen LogP contribution in [0.1, 0.15) is 12.5 Å². The van der Waals surface area contributed by atoms with Crippen molar-refractivity contribution >= 4 is 0 Å². The zero-order valence-electron chi connectivity index (χ0n) is 10.1. The number of hydrogen-bond donors (Lipinski definition) is 1. The zero-order chi connectivity index (χ0) is 12.8. The van der Waals surface area contributed by atoms with Gasteiger partial charge in [0, 0.05) is 25.2 Å². The van der Waals surface area contributed by atoms with Crippen LogP contribution in [0.3, 0.4) is 0 Å². The van der Waals surface area contributed by atoms with Crippen molar-refractivity contribution in [2.24, 2.45) is 0 Å². The second kappa shape index (κ2) is 6.61. The summed E-state index contributed by atoms with van der Waals surface area (Å²) in [5, 5.41) is 2.98. The van der Waals surface area contributed by atoms with E-state index in [0.717, 1.165) is 19.2 Å². The summed E-state index contributed by atoms with van der Waals surface area (Å²) >= 11 is 0. The van der Waals surface area contributed by atoms with Gasteiger partial charge in [0.05, 0.1) is 0 Å². The van der Waals surface area contributed by atoms with E-state index in [0.29, 0.717) is 6.54 Å². The largest absolute Gasteiger partial charge is 0.311 e. The van der Waals surface area contributed by atoms with Crippen LogP contribution in [-0.4, -0.2) is 31.6 Å². The molecule has 0 atom stereocenters. The van der Waals surface area contributed by atoms with Crippen molar-refractivity contribution in [1.82, 2.24) is 10.2 Å². The summed E-state index contributed by atoms with van der Waals surface area (Å²) in [5.74, 6) is -3.67. The molecule has 0 saturated carbocycles. The van der Waals surface area contributed by atoms with Gasteiger partial charge in [-0.25, -0.2) is 13.2 Å². The minimum absolute atomic E-state index is 0.142. The second-order valence-corrected chi connectivity index (χ2v) is 3.91. The van der Waals surface area contributed by atoms with Crippen LogP contribution in [0.25, 0.3) is 0 Å². The first-order valence-corrected chi connectivity index (χ1v) is 5.58. The summed E-state index contributed by atoms with van der Waals surface area (Å²) in [4.78, 5) is 2.09. The molecule has 0 heterocycles. The number of nitrogens with one attached hydrogen (secondary N) is 1. The molecule has 0 bridgehead atoms. The minimum atomic E-state index is -1.41. The number of hydrogen-bond acceptors (Lipinski definition) is 2. The van der Waals surface area contributed by atoms with E-state index in [1.807, 2.05) is 14.0 Å². The van der Waals surface area contributed by atoms with Crippen LogP contribution >= 0.6 is 0 Å². The van der Waals surface area contributed by atoms with E-state index in [2.05, 4.69) is 10.2 Å². The van der Waals surface area contributed by atoms with Gasteiger partial charge in [0.1, 0.15) is 0 Å². The van der Waals surface area contributed by atoms with E-state index in [4.69, 9.17) is 0 Å². The van der Waals surface area contributed by atoms with E-state index < -0.39 is 17.5 Å². The van der Waals surface area contributed by atoms with Gasteiger partial charge in [-0.2, -0.15) is 0 Å². The van der Waals surface area contributed by atoms with Gasteiger partial charge in [0.2, 0.25) is 0 Å². The lowest BCUT2D eigenvalue weighted by atomic mass is 10.2. The molecule has 0 aromatic heterocycles. The maximum absolute atomic E-state index is 13.2. The fourth-order valence-corrected chi connectivity index (χ4v) is 1.35. The van der Waals surface area contributed by atoms with E-state index in [9.17, 15) is 13.2 Å². The summed E-state index contributed by atoms with van der Waals surface area (Å²) in [6.07, 6.45) is 0. The molecule has 0 aliphatic rings. The van der Waals surface area contributed by atoms with Crippen molar-refractivity contribution in [3.05, 3.63) is 35.1 Å². The number of benzene rings is 1. The standard InChI is InChI=1S/C12H17F3N2/c1-3-17(2)7-6-16-8-9-4-5-10(13)12(15)11(9)14/h4-5,16H,3,6-8H2,1-2H3. The number of rotatable bonds is 6. The van der Waals surface area contributed by atoms with Crippen LogP contribution in [-0.2, 0) is 6.54 Å². The topological polar surface area (TPSA) is 15.3 Å². The second-order valence-electron chi connectivity index (χ2n) is 3.91. The third-order valence-corrected chi connectivity index (χ3v) is 2.64. The first-order valence-electron chi connectivity index (χ1n) is 5.58. The van der Waals surface area contributed by atoms with Gasteiger partial charge < -0.3 is 10.2 Å². The Bertz CT molecular complexity index is 369. The molecule has 0 aliphatic heterocycles. The van der Waals surface area contributed by atoms with Crippen LogP contribution in [0, 0.1) is 17.5 Å². The molecule has 0 saturated heterocycles. The van der Waals surface area contributed by atoms with Crippen LogP contribution in [0.5, 0.6) is 0 Å². The zero-order valence-corrected chi connectivity index (χ0v) is 10.1. The van der Waals surface area contributed by atoms with Crippen molar-refractivity contribution in [2.45, 2.75) is 13.5 Å². The number of likely N-dealkylation sites (N-methyl/N-ethyl adjacent to an activating group) is 1. The molecule has 1 aromatic carbocycles. The molecule has 5 heteroatoms. The molecule has 0 aliphatic carbocycles. The molecule has 0 spiro atoms. The molecule has 1 aromatic rings. The lowest BCUT2D eigenvalue weighted by Gasteiger charge is -2.14. The highest BCUT2D eigenvalue weighted by Crippen LogP contribution is 2.14. The van der Waals surface area contributed by atoms with Crippen LogP contribution in [0.15, 0.2) is 12.1 Å². The van der Waals surface area contributed by atoms with E-state index in [1.54, 1.807) is 0 Å². The molecular weight excluding hydrogens is 229 g/mol. The number of nitrogens with zero attached hydrogens (tertiary/aromatic N) is 1. The Kier molecular flexibility index (Phi) is 5.44. The Labute approximate surface area is 99.4 Å². The predicted molar refractivity (Wildman–Crippen MR) is 61.2 cm³/mol. The lowest BCUT2D eigenvalue weighted by molar-refractivity contribution is 0.348. The Morgan fingerprint density at radius 1 is 1.18 bits per heavy atom. The lowest BCUT2D eigenvalue weighted by Crippen LogP contribution is -2.29. The van der Waals surface area contributed by atoms with Crippen molar-refractivity contribution in [3.8, 4) is 0 Å². The maximum Gasteiger partial charge on any atom is 0.194 e. The predicted octanol–water partition coefficient (Wildman–Crippen LogP) is 2.15. The average Bonchev–Trinajstić information content (AvgIpc) is 2.33. The van der Waals surface area contributed by atoms with Gasteiger partial charge in [-0.1, -0.05) is 13.0 Å². The normalized spacial score (nSPS) is 11.2. The SMILES string of the molecule is CCN(C)CCNCc1ccc(F)c(F)c1F. The third-order valence-electron chi connectivity index (χ3n) is 2.64. The van der Waals surface area contributed by atoms with E-state index in [-0.39, 0.29) is 12.1 Å².